The molecule has 0 saturated heterocycles. The third-order valence-corrected chi connectivity index (χ3v) is 8.91. The molecule has 0 radical (unpaired) electrons. The van der Waals surface area contributed by atoms with E-state index in [1.54, 1.807) is 7.11 Å². The quantitative estimate of drug-likeness (QED) is 0.0869. The lowest BCUT2D eigenvalue weighted by Gasteiger charge is -2.25. The number of methoxy groups -OCH3 is 1. The van der Waals surface area contributed by atoms with Crippen molar-refractivity contribution in [3.8, 4) is 17.2 Å². The molecule has 0 spiro atoms. The second-order valence-electron chi connectivity index (χ2n) is 9.14. The predicted molar refractivity (Wildman–Crippen MR) is 165 cm³/mol. The molecule has 0 aliphatic heterocycles. The molecule has 0 aliphatic carbocycles. The molecule has 0 bridgehead atoms. The summed E-state index contributed by atoms with van der Waals surface area (Å²) in [7, 11) is 0.571. The molecule has 5 aromatic rings. The minimum absolute atomic E-state index is 0.131. The van der Waals surface area contributed by atoms with Crippen LogP contribution in [0.15, 0.2) is 133 Å². The van der Waals surface area contributed by atoms with E-state index in [1.807, 2.05) is 115 Å². The molecule has 41 heavy (non-hydrogen) atoms. The molecule has 0 unspecified atom stereocenters. The third-order valence-electron chi connectivity index (χ3n) is 6.36. The Labute approximate surface area is 243 Å². The van der Waals surface area contributed by atoms with Gasteiger partial charge in [-0.15, -0.1) is 0 Å². The second kappa shape index (κ2) is 15.0. The van der Waals surface area contributed by atoms with E-state index in [9.17, 15) is 0 Å². The Balaban J connectivity index is 1.41. The molecular formula is C35H33O5P. The summed E-state index contributed by atoms with van der Waals surface area (Å²) in [6, 6.07) is 44.5. The van der Waals surface area contributed by atoms with Gasteiger partial charge in [0.15, 0.2) is 13.6 Å². The molecule has 0 amide bonds. The van der Waals surface area contributed by atoms with Gasteiger partial charge in [0.2, 0.25) is 0 Å². The lowest BCUT2D eigenvalue weighted by Crippen LogP contribution is -2.25. The van der Waals surface area contributed by atoms with E-state index < -0.39 is 7.92 Å². The molecule has 208 valence electrons. The Bertz CT molecular complexity index is 1400. The van der Waals surface area contributed by atoms with Gasteiger partial charge in [-0.25, -0.2) is 0 Å². The van der Waals surface area contributed by atoms with Crippen LogP contribution in [0.25, 0.3) is 0 Å². The maximum Gasteiger partial charge on any atom is 0.189 e. The van der Waals surface area contributed by atoms with Gasteiger partial charge >= 0.3 is 0 Å². The summed E-state index contributed by atoms with van der Waals surface area (Å²) in [6.45, 7) is 1.22. The first-order chi connectivity index (χ1) is 20.3. The third kappa shape index (κ3) is 7.74. The minimum Gasteiger partial charge on any atom is -0.496 e. The molecule has 5 aromatic carbocycles. The van der Waals surface area contributed by atoms with Gasteiger partial charge in [-0.05, 0) is 37.2 Å². The van der Waals surface area contributed by atoms with Crippen molar-refractivity contribution in [2.45, 2.75) is 13.2 Å². The van der Waals surface area contributed by atoms with Gasteiger partial charge in [-0.2, -0.15) is 0 Å². The molecule has 0 aliphatic rings. The highest BCUT2D eigenvalue weighted by atomic mass is 31.1. The Morgan fingerprint density at radius 2 is 0.805 bits per heavy atom. The Kier molecular flexibility index (Phi) is 10.4. The Hall–Kier alpha value is -4.15. The van der Waals surface area contributed by atoms with Gasteiger partial charge in [0.05, 0.1) is 20.3 Å². The predicted octanol–water partition coefficient (Wildman–Crippen LogP) is 6.56. The Morgan fingerprint density at radius 1 is 0.439 bits per heavy atom. The zero-order valence-corrected chi connectivity index (χ0v) is 23.9. The monoisotopic (exact) mass is 564 g/mol. The molecule has 0 aromatic heterocycles. The average molecular weight is 565 g/mol. The van der Waals surface area contributed by atoms with Crippen LogP contribution in [0, 0.1) is 0 Å². The van der Waals surface area contributed by atoms with Gasteiger partial charge in [0.1, 0.15) is 17.2 Å². The van der Waals surface area contributed by atoms with Crippen LogP contribution in [-0.4, -0.2) is 20.7 Å². The highest BCUT2D eigenvalue weighted by molar-refractivity contribution is 7.80. The smallest absolute Gasteiger partial charge is 0.189 e. The number of ether oxygens (including phenoxy) is 5. The maximum absolute atomic E-state index is 6.23. The summed E-state index contributed by atoms with van der Waals surface area (Å²) in [5.74, 6) is 2.32. The zero-order valence-electron chi connectivity index (χ0n) is 23.0. The molecule has 0 heterocycles. The zero-order chi connectivity index (χ0) is 28.1. The Morgan fingerprint density at radius 3 is 1.24 bits per heavy atom. The van der Waals surface area contributed by atoms with Crippen LogP contribution in [0.2, 0.25) is 0 Å². The van der Waals surface area contributed by atoms with Gasteiger partial charge in [0, 0.05) is 15.9 Å². The number of hydrogen-bond acceptors (Lipinski definition) is 5. The van der Waals surface area contributed by atoms with Crippen LogP contribution in [0.1, 0.15) is 11.1 Å². The lowest BCUT2D eigenvalue weighted by atomic mass is 10.2. The van der Waals surface area contributed by atoms with Crippen LogP contribution < -0.4 is 30.1 Å². The van der Waals surface area contributed by atoms with E-state index in [0.29, 0.717) is 13.2 Å². The molecule has 5 rings (SSSR count). The van der Waals surface area contributed by atoms with E-state index in [-0.39, 0.29) is 13.6 Å². The first kappa shape index (κ1) is 28.4. The van der Waals surface area contributed by atoms with Crippen LogP contribution in [0.5, 0.6) is 17.2 Å². The van der Waals surface area contributed by atoms with Crippen molar-refractivity contribution >= 4 is 23.8 Å². The van der Waals surface area contributed by atoms with E-state index in [1.165, 1.54) is 0 Å². The van der Waals surface area contributed by atoms with Crippen LogP contribution in [0.3, 0.4) is 0 Å². The van der Waals surface area contributed by atoms with Crippen LogP contribution >= 0.6 is 7.92 Å². The summed E-state index contributed by atoms with van der Waals surface area (Å²) in [6.07, 6.45) is 0. The normalized spacial score (nSPS) is 10.9. The van der Waals surface area contributed by atoms with E-state index in [4.69, 9.17) is 23.7 Å². The number of para-hydroxylation sites is 3. The van der Waals surface area contributed by atoms with Gasteiger partial charge in [-0.1, -0.05) is 115 Å². The molecule has 0 atom stereocenters. The molecule has 0 fully saturated rings. The van der Waals surface area contributed by atoms with E-state index in [2.05, 4.69) is 18.2 Å². The van der Waals surface area contributed by atoms with Crippen molar-refractivity contribution in [2.75, 3.05) is 20.7 Å². The average Bonchev–Trinajstić information content (AvgIpc) is 3.04. The van der Waals surface area contributed by atoms with Crippen molar-refractivity contribution in [1.29, 1.82) is 0 Å². The number of benzene rings is 5. The van der Waals surface area contributed by atoms with Crippen LogP contribution in [-0.2, 0) is 22.7 Å². The van der Waals surface area contributed by atoms with Crippen molar-refractivity contribution in [2.24, 2.45) is 0 Å². The first-order valence-electron chi connectivity index (χ1n) is 13.4. The lowest BCUT2D eigenvalue weighted by molar-refractivity contribution is 0.00562. The highest BCUT2D eigenvalue weighted by Gasteiger charge is 2.26. The maximum atomic E-state index is 6.23. The van der Waals surface area contributed by atoms with E-state index in [0.717, 1.165) is 44.3 Å². The van der Waals surface area contributed by atoms with E-state index >= 15 is 0 Å². The van der Waals surface area contributed by atoms with Crippen molar-refractivity contribution < 1.29 is 23.7 Å². The topological polar surface area (TPSA) is 46.2 Å². The summed E-state index contributed by atoms with van der Waals surface area (Å²) in [5.41, 5.74) is 2.20. The number of hydrogen-bond donors (Lipinski definition) is 0. The second-order valence-corrected chi connectivity index (χ2v) is 11.3. The number of rotatable bonds is 14. The molecule has 0 saturated carbocycles. The standard InChI is InChI=1S/C35H33O5P/c1-36-30-18-8-11-21-33(30)41(34-22-12-9-19-31(34)39-26-37-24-28-14-4-2-5-15-28)35-23-13-10-20-32(35)40-27-38-25-29-16-6-3-7-17-29/h2-23H,24-27H2,1H3. The summed E-state index contributed by atoms with van der Waals surface area (Å²) in [5, 5.41) is 3.14. The molecule has 0 N–H and O–H groups in total. The largest absolute Gasteiger partial charge is 0.496 e. The first-order valence-corrected chi connectivity index (χ1v) is 14.8. The van der Waals surface area contributed by atoms with Crippen molar-refractivity contribution in [3.63, 3.8) is 0 Å². The van der Waals surface area contributed by atoms with Crippen molar-refractivity contribution in [3.05, 3.63) is 145 Å². The summed E-state index contributed by atoms with van der Waals surface area (Å²) >= 11 is 0. The molecule has 5 nitrogen and oxygen atoms in total. The summed E-state index contributed by atoms with van der Waals surface area (Å²) in [4.78, 5) is 0. The molecule has 6 heteroatoms. The van der Waals surface area contributed by atoms with Gasteiger partial charge in [0.25, 0.3) is 0 Å². The van der Waals surface area contributed by atoms with Gasteiger partial charge in [-0.3, -0.25) is 0 Å². The summed E-state index contributed by atoms with van der Waals surface area (Å²) < 4.78 is 30.0. The fourth-order valence-electron chi connectivity index (χ4n) is 4.41. The van der Waals surface area contributed by atoms with Crippen molar-refractivity contribution in [1.82, 2.24) is 0 Å². The molecular weight excluding hydrogens is 531 g/mol. The fourth-order valence-corrected chi connectivity index (χ4v) is 7.00. The van der Waals surface area contributed by atoms with Gasteiger partial charge < -0.3 is 23.7 Å². The van der Waals surface area contributed by atoms with Crippen LogP contribution in [0.4, 0.5) is 0 Å². The highest BCUT2D eigenvalue weighted by Crippen LogP contribution is 2.42. The minimum atomic E-state index is -1.13. The SMILES string of the molecule is COc1ccccc1P(c1ccccc1OCOCc1ccccc1)c1ccccc1OCOCc1ccccc1. The fraction of sp³-hybridized carbons (Fsp3) is 0.143.